The molecule has 1 aromatic carbocycles. The highest BCUT2D eigenvalue weighted by molar-refractivity contribution is 6.30. The summed E-state index contributed by atoms with van der Waals surface area (Å²) in [6, 6.07) is 6.49. The largest absolute Gasteiger partial charge is 0.276 e. The molecule has 2 amide bonds. The summed E-state index contributed by atoms with van der Waals surface area (Å²) >= 11 is 5.79. The van der Waals surface area contributed by atoms with Gasteiger partial charge in [0.2, 0.25) is 5.91 Å². The number of rotatable bonds is 2. The first-order valence-electron chi connectivity index (χ1n) is 5.63. The van der Waals surface area contributed by atoms with Crippen LogP contribution in [0.4, 0.5) is 0 Å². The fourth-order valence-electron chi connectivity index (χ4n) is 2.23. The van der Waals surface area contributed by atoms with Crippen LogP contribution >= 0.6 is 11.6 Å². The number of carbonyl (C=O) groups is 2. The molecular formula is C12H10ClN3O2. The second-order valence-electron chi connectivity index (χ2n) is 4.38. The van der Waals surface area contributed by atoms with Crippen LogP contribution in [0.2, 0.25) is 5.02 Å². The van der Waals surface area contributed by atoms with Gasteiger partial charge in [-0.25, -0.2) is 0 Å². The van der Waals surface area contributed by atoms with Gasteiger partial charge in [0.15, 0.2) is 6.04 Å². The first-order valence-corrected chi connectivity index (χ1v) is 6.01. The van der Waals surface area contributed by atoms with Gasteiger partial charge in [-0.1, -0.05) is 23.7 Å². The molecule has 0 aliphatic carbocycles. The van der Waals surface area contributed by atoms with Crippen molar-refractivity contribution in [2.24, 2.45) is 16.1 Å². The number of hydrogen-bond acceptors (Lipinski definition) is 4. The van der Waals surface area contributed by atoms with Gasteiger partial charge in [-0.05, 0) is 17.7 Å². The molecular weight excluding hydrogens is 254 g/mol. The molecule has 0 unspecified atom stereocenters. The van der Waals surface area contributed by atoms with Crippen molar-refractivity contribution < 1.29 is 9.59 Å². The van der Waals surface area contributed by atoms with E-state index in [2.05, 4.69) is 10.2 Å². The van der Waals surface area contributed by atoms with E-state index in [-0.39, 0.29) is 24.3 Å². The molecule has 0 N–H and O–H groups in total. The molecule has 18 heavy (non-hydrogen) atoms. The molecule has 3 rings (SSSR count). The normalized spacial score (nSPS) is 25.9. The second kappa shape index (κ2) is 4.17. The molecule has 2 aliphatic rings. The van der Waals surface area contributed by atoms with E-state index in [1.54, 1.807) is 24.3 Å². The maximum atomic E-state index is 12.0. The van der Waals surface area contributed by atoms with Gasteiger partial charge in [-0.15, -0.1) is 0 Å². The molecule has 0 aromatic heterocycles. The Balaban J connectivity index is 1.81. The van der Waals surface area contributed by atoms with Crippen molar-refractivity contribution in [1.82, 2.24) is 4.90 Å². The van der Waals surface area contributed by atoms with Crippen LogP contribution in [0.25, 0.3) is 0 Å². The summed E-state index contributed by atoms with van der Waals surface area (Å²) < 4.78 is 0. The molecule has 2 heterocycles. The summed E-state index contributed by atoms with van der Waals surface area (Å²) in [6.45, 7) is 0.601. The Morgan fingerprint density at radius 1 is 1.22 bits per heavy atom. The Morgan fingerprint density at radius 2 is 1.94 bits per heavy atom. The lowest BCUT2D eigenvalue weighted by Gasteiger charge is -2.14. The van der Waals surface area contributed by atoms with Gasteiger partial charge in [0.25, 0.3) is 5.91 Å². The van der Waals surface area contributed by atoms with Crippen molar-refractivity contribution in [2.45, 2.75) is 12.6 Å². The summed E-state index contributed by atoms with van der Waals surface area (Å²) in [5.41, 5.74) is 0.873. The van der Waals surface area contributed by atoms with Crippen LogP contribution in [0.5, 0.6) is 0 Å². The smallest absolute Gasteiger partial charge is 0.257 e. The molecule has 2 aliphatic heterocycles. The van der Waals surface area contributed by atoms with Crippen LogP contribution in [0, 0.1) is 5.92 Å². The zero-order chi connectivity index (χ0) is 12.7. The summed E-state index contributed by atoms with van der Waals surface area (Å²) in [5.74, 6) is -0.809. The number of benzene rings is 1. The zero-order valence-electron chi connectivity index (χ0n) is 9.41. The topological polar surface area (TPSA) is 62.1 Å². The average molecular weight is 264 g/mol. The lowest BCUT2D eigenvalue weighted by molar-refractivity contribution is -0.140. The number of likely N-dealkylation sites (tertiary alicyclic amines) is 1. The van der Waals surface area contributed by atoms with Crippen LogP contribution in [0.15, 0.2) is 34.5 Å². The van der Waals surface area contributed by atoms with Crippen molar-refractivity contribution in [2.75, 3.05) is 6.54 Å². The maximum absolute atomic E-state index is 12.0. The van der Waals surface area contributed by atoms with Crippen LogP contribution in [-0.2, 0) is 16.1 Å². The molecule has 92 valence electrons. The first-order chi connectivity index (χ1) is 8.66. The molecule has 1 saturated heterocycles. The summed E-state index contributed by atoms with van der Waals surface area (Å²) in [7, 11) is 0. The molecule has 6 heteroatoms. The van der Waals surface area contributed by atoms with Gasteiger partial charge < -0.3 is 0 Å². The van der Waals surface area contributed by atoms with Crippen molar-refractivity contribution in [1.29, 1.82) is 0 Å². The first kappa shape index (κ1) is 11.3. The Labute approximate surface area is 108 Å². The number of amides is 2. The number of nitrogens with zero attached hydrogens (tertiary/aromatic N) is 3. The van der Waals surface area contributed by atoms with Crippen molar-refractivity contribution >= 4 is 23.4 Å². The molecule has 1 aromatic rings. The van der Waals surface area contributed by atoms with E-state index in [1.807, 2.05) is 0 Å². The summed E-state index contributed by atoms with van der Waals surface area (Å²) in [6.07, 6.45) is 0. The van der Waals surface area contributed by atoms with Gasteiger partial charge in [0.1, 0.15) is 0 Å². The highest BCUT2D eigenvalue weighted by Crippen LogP contribution is 2.29. The predicted molar refractivity (Wildman–Crippen MR) is 64.0 cm³/mol. The molecule has 0 spiro atoms. The second-order valence-corrected chi connectivity index (χ2v) is 4.82. The van der Waals surface area contributed by atoms with E-state index in [4.69, 9.17) is 11.6 Å². The van der Waals surface area contributed by atoms with E-state index in [9.17, 15) is 9.59 Å². The minimum atomic E-state index is -0.593. The summed E-state index contributed by atoms with van der Waals surface area (Å²) in [5, 5.41) is 8.22. The molecule has 0 saturated carbocycles. The zero-order valence-corrected chi connectivity index (χ0v) is 10.2. The quantitative estimate of drug-likeness (QED) is 0.762. The standard InChI is InChI=1S/C12H10ClN3O2/c13-8-3-1-7(2-4-8)6-16-11(17)9-5-14-15-10(9)12(16)18/h1-4,9-10H,5-6H2/t9-,10-/m1/s1. The lowest BCUT2D eigenvalue weighted by Crippen LogP contribution is -2.31. The molecule has 0 bridgehead atoms. The van der Waals surface area contributed by atoms with Crippen LogP contribution < -0.4 is 0 Å². The third kappa shape index (κ3) is 1.71. The van der Waals surface area contributed by atoms with E-state index < -0.39 is 6.04 Å². The highest BCUT2D eigenvalue weighted by Gasteiger charge is 2.50. The molecule has 0 radical (unpaired) electrons. The van der Waals surface area contributed by atoms with Gasteiger partial charge in [0, 0.05) is 5.02 Å². The van der Waals surface area contributed by atoms with E-state index in [1.165, 1.54) is 4.90 Å². The SMILES string of the molecule is O=C1[C@@H]2CN=N[C@H]2C(=O)N1Cc1ccc(Cl)cc1. The van der Waals surface area contributed by atoms with Crippen LogP contribution in [-0.4, -0.2) is 29.3 Å². The van der Waals surface area contributed by atoms with Crippen molar-refractivity contribution in [3.05, 3.63) is 34.9 Å². The minimum absolute atomic E-state index is 0.176. The van der Waals surface area contributed by atoms with Crippen molar-refractivity contribution in [3.8, 4) is 0 Å². The van der Waals surface area contributed by atoms with E-state index in [0.29, 0.717) is 11.6 Å². The highest BCUT2D eigenvalue weighted by atomic mass is 35.5. The molecule has 1 fully saturated rings. The summed E-state index contributed by atoms with van der Waals surface area (Å²) in [4.78, 5) is 25.3. The Hall–Kier alpha value is -1.75. The Bertz CT molecular complexity index is 541. The number of carbonyl (C=O) groups excluding carboxylic acids is 2. The van der Waals surface area contributed by atoms with E-state index in [0.717, 1.165) is 5.56 Å². The predicted octanol–water partition coefficient (Wildman–Crippen LogP) is 1.66. The van der Waals surface area contributed by atoms with Crippen LogP contribution in [0.3, 0.4) is 0 Å². The lowest BCUT2D eigenvalue weighted by atomic mass is 10.1. The van der Waals surface area contributed by atoms with Gasteiger partial charge in [-0.2, -0.15) is 10.2 Å². The van der Waals surface area contributed by atoms with E-state index >= 15 is 0 Å². The fourth-order valence-corrected chi connectivity index (χ4v) is 2.36. The van der Waals surface area contributed by atoms with Crippen LogP contribution in [0.1, 0.15) is 5.56 Å². The third-order valence-electron chi connectivity index (χ3n) is 3.22. The third-order valence-corrected chi connectivity index (χ3v) is 3.47. The number of halogens is 1. The minimum Gasteiger partial charge on any atom is -0.276 e. The monoisotopic (exact) mass is 263 g/mol. The molecule has 5 nitrogen and oxygen atoms in total. The van der Waals surface area contributed by atoms with Gasteiger partial charge in [0.05, 0.1) is 19.0 Å². The Morgan fingerprint density at radius 3 is 2.61 bits per heavy atom. The van der Waals surface area contributed by atoms with Crippen molar-refractivity contribution in [3.63, 3.8) is 0 Å². The average Bonchev–Trinajstić information content (AvgIpc) is 2.92. The number of azo groups is 1. The fraction of sp³-hybridized carbons (Fsp3) is 0.333. The van der Waals surface area contributed by atoms with Gasteiger partial charge in [-0.3, -0.25) is 14.5 Å². The Kier molecular flexibility index (Phi) is 2.63. The number of imide groups is 1. The number of hydrogen-bond donors (Lipinski definition) is 0. The number of fused-ring (bicyclic) bond motifs is 1. The van der Waals surface area contributed by atoms with Gasteiger partial charge >= 0.3 is 0 Å². The molecule has 2 atom stereocenters. The maximum Gasteiger partial charge on any atom is 0.257 e.